The van der Waals surface area contributed by atoms with Crippen molar-refractivity contribution in [1.29, 1.82) is 0 Å². The zero-order valence-corrected chi connectivity index (χ0v) is 16.0. The molecular weight excluding hydrogens is 378 g/mol. The Hall–Kier alpha value is -3.04. The van der Waals surface area contributed by atoms with E-state index in [1.54, 1.807) is 25.1 Å². The molecule has 2 heterocycles. The van der Waals surface area contributed by atoms with Crippen molar-refractivity contribution < 1.29 is 13.2 Å². The predicted octanol–water partition coefficient (Wildman–Crippen LogP) is 1.47. The second-order valence-corrected chi connectivity index (χ2v) is 8.28. The molecule has 28 heavy (non-hydrogen) atoms. The standard InChI is InChI=1S/C19H19N5O3S/c1-12-21-18(23-22-12)17(14-5-3-2-4-6-14)24-28(26,27)15-8-7-13-9-10-20-19(25)16(13)11-15/h2-8,11,17,24H,9-10H2,1H3,(H,20,25)(H,21,22,23). The maximum Gasteiger partial charge on any atom is 0.251 e. The summed E-state index contributed by atoms with van der Waals surface area (Å²) in [6, 6.07) is 13.0. The fourth-order valence-corrected chi connectivity index (χ4v) is 4.39. The molecule has 1 aliphatic heterocycles. The van der Waals surface area contributed by atoms with Crippen molar-refractivity contribution in [3.8, 4) is 0 Å². The van der Waals surface area contributed by atoms with Gasteiger partial charge in [0, 0.05) is 12.1 Å². The first-order chi connectivity index (χ1) is 13.4. The van der Waals surface area contributed by atoms with Gasteiger partial charge in [-0.3, -0.25) is 9.89 Å². The van der Waals surface area contributed by atoms with Gasteiger partial charge in [0.25, 0.3) is 5.91 Å². The summed E-state index contributed by atoms with van der Waals surface area (Å²) in [6.07, 6.45) is 0.679. The number of aryl methyl sites for hydroxylation is 1. The van der Waals surface area contributed by atoms with Crippen LogP contribution in [0.3, 0.4) is 0 Å². The SMILES string of the molecule is Cc1nc(C(NS(=O)(=O)c2ccc3c(c2)C(=O)NCC3)c2ccccc2)n[nH]1. The molecule has 9 heteroatoms. The molecule has 0 spiro atoms. The fourth-order valence-electron chi connectivity index (χ4n) is 3.19. The van der Waals surface area contributed by atoms with Gasteiger partial charge < -0.3 is 5.32 Å². The summed E-state index contributed by atoms with van der Waals surface area (Å²) in [4.78, 5) is 16.4. The number of nitrogens with zero attached hydrogens (tertiary/aromatic N) is 2. The van der Waals surface area contributed by atoms with Crippen LogP contribution in [0.15, 0.2) is 53.4 Å². The number of amides is 1. The maximum absolute atomic E-state index is 13.1. The Kier molecular flexibility index (Phi) is 4.70. The molecule has 1 atom stereocenters. The summed E-state index contributed by atoms with van der Waals surface area (Å²) >= 11 is 0. The summed E-state index contributed by atoms with van der Waals surface area (Å²) in [5, 5.41) is 9.60. The van der Waals surface area contributed by atoms with E-state index in [2.05, 4.69) is 25.2 Å². The van der Waals surface area contributed by atoms with E-state index >= 15 is 0 Å². The number of nitrogens with one attached hydrogen (secondary N) is 3. The average molecular weight is 397 g/mol. The minimum Gasteiger partial charge on any atom is -0.352 e. The Morgan fingerprint density at radius 2 is 1.93 bits per heavy atom. The topological polar surface area (TPSA) is 117 Å². The fraction of sp³-hybridized carbons (Fsp3) is 0.211. The number of aromatic nitrogens is 3. The summed E-state index contributed by atoms with van der Waals surface area (Å²) in [6.45, 7) is 2.30. The third kappa shape index (κ3) is 3.54. The molecule has 0 saturated heterocycles. The number of rotatable bonds is 5. The van der Waals surface area contributed by atoms with Crippen molar-refractivity contribution in [2.45, 2.75) is 24.3 Å². The number of aromatic amines is 1. The van der Waals surface area contributed by atoms with Crippen molar-refractivity contribution in [2.75, 3.05) is 6.54 Å². The van der Waals surface area contributed by atoms with Gasteiger partial charge in [-0.15, -0.1) is 0 Å². The van der Waals surface area contributed by atoms with Crippen molar-refractivity contribution in [3.05, 3.63) is 76.9 Å². The highest BCUT2D eigenvalue weighted by atomic mass is 32.2. The molecule has 4 rings (SSSR count). The van der Waals surface area contributed by atoms with E-state index < -0.39 is 16.1 Å². The molecule has 1 unspecified atom stereocenters. The lowest BCUT2D eigenvalue weighted by atomic mass is 10.0. The maximum atomic E-state index is 13.1. The monoisotopic (exact) mass is 397 g/mol. The smallest absolute Gasteiger partial charge is 0.251 e. The molecule has 0 aliphatic carbocycles. The van der Waals surface area contributed by atoms with Crippen LogP contribution in [0.1, 0.15) is 39.2 Å². The molecule has 0 saturated carbocycles. The number of carbonyl (C=O) groups is 1. The lowest BCUT2D eigenvalue weighted by molar-refractivity contribution is 0.0945. The lowest BCUT2D eigenvalue weighted by Crippen LogP contribution is -2.33. The zero-order valence-electron chi connectivity index (χ0n) is 15.1. The van der Waals surface area contributed by atoms with E-state index in [4.69, 9.17) is 0 Å². The van der Waals surface area contributed by atoms with E-state index in [1.807, 2.05) is 18.2 Å². The van der Waals surface area contributed by atoms with Crippen molar-refractivity contribution in [1.82, 2.24) is 25.2 Å². The molecule has 2 aromatic carbocycles. The first-order valence-corrected chi connectivity index (χ1v) is 10.3. The second kappa shape index (κ2) is 7.17. The van der Waals surface area contributed by atoms with Crippen LogP contribution >= 0.6 is 0 Å². The van der Waals surface area contributed by atoms with Crippen molar-refractivity contribution >= 4 is 15.9 Å². The number of hydrogen-bond donors (Lipinski definition) is 3. The van der Waals surface area contributed by atoms with Gasteiger partial charge in [0.1, 0.15) is 11.9 Å². The van der Waals surface area contributed by atoms with Crippen molar-refractivity contribution in [3.63, 3.8) is 0 Å². The Morgan fingerprint density at radius 1 is 1.14 bits per heavy atom. The number of sulfonamides is 1. The second-order valence-electron chi connectivity index (χ2n) is 6.57. The summed E-state index contributed by atoms with van der Waals surface area (Å²) < 4.78 is 28.8. The van der Waals surface area contributed by atoms with E-state index in [9.17, 15) is 13.2 Å². The third-order valence-corrected chi connectivity index (χ3v) is 6.02. The van der Waals surface area contributed by atoms with Crippen LogP contribution in [-0.2, 0) is 16.4 Å². The average Bonchev–Trinajstić information content (AvgIpc) is 3.13. The summed E-state index contributed by atoms with van der Waals surface area (Å²) in [7, 11) is -3.93. The first kappa shape index (κ1) is 18.3. The molecule has 3 N–H and O–H groups in total. The van der Waals surface area contributed by atoms with Crippen LogP contribution in [0.5, 0.6) is 0 Å². The minimum atomic E-state index is -3.93. The van der Waals surface area contributed by atoms with E-state index in [0.717, 1.165) is 5.56 Å². The highest BCUT2D eigenvalue weighted by molar-refractivity contribution is 7.89. The molecule has 1 aliphatic rings. The molecule has 1 aromatic heterocycles. The Morgan fingerprint density at radius 3 is 2.64 bits per heavy atom. The van der Waals surface area contributed by atoms with Gasteiger partial charge in [0.2, 0.25) is 10.0 Å². The molecule has 0 fully saturated rings. The molecule has 8 nitrogen and oxygen atoms in total. The lowest BCUT2D eigenvalue weighted by Gasteiger charge is -2.19. The molecule has 0 bridgehead atoms. The van der Waals surface area contributed by atoms with Gasteiger partial charge in [-0.05, 0) is 36.6 Å². The van der Waals surface area contributed by atoms with E-state index in [-0.39, 0.29) is 10.8 Å². The number of hydrogen-bond acceptors (Lipinski definition) is 5. The van der Waals surface area contributed by atoms with Gasteiger partial charge in [-0.25, -0.2) is 13.4 Å². The number of benzene rings is 2. The van der Waals surface area contributed by atoms with Gasteiger partial charge in [-0.2, -0.15) is 9.82 Å². The largest absolute Gasteiger partial charge is 0.352 e. The normalized spacial score (nSPS) is 15.0. The Bertz CT molecular complexity index is 1130. The van der Waals surface area contributed by atoms with E-state index in [1.165, 1.54) is 12.1 Å². The summed E-state index contributed by atoms with van der Waals surface area (Å²) in [5.41, 5.74) is 1.94. The molecule has 1 amide bonds. The van der Waals surface area contributed by atoms with Crippen LogP contribution in [0.25, 0.3) is 0 Å². The minimum absolute atomic E-state index is 0.0245. The number of fused-ring (bicyclic) bond motifs is 1. The van der Waals surface area contributed by atoms with Gasteiger partial charge >= 0.3 is 0 Å². The summed E-state index contributed by atoms with van der Waals surface area (Å²) in [5.74, 6) is 0.645. The van der Waals surface area contributed by atoms with Crippen molar-refractivity contribution in [2.24, 2.45) is 0 Å². The van der Waals surface area contributed by atoms with Crippen LogP contribution in [0.4, 0.5) is 0 Å². The molecule has 0 radical (unpaired) electrons. The Labute approximate surface area is 162 Å². The van der Waals surface area contributed by atoms with Gasteiger partial charge in [0.05, 0.1) is 4.90 Å². The molecule has 144 valence electrons. The van der Waals surface area contributed by atoms with Gasteiger partial charge in [0.15, 0.2) is 5.82 Å². The number of H-pyrrole nitrogens is 1. The third-order valence-electron chi connectivity index (χ3n) is 4.59. The highest BCUT2D eigenvalue weighted by Gasteiger charge is 2.27. The van der Waals surface area contributed by atoms with Crippen LogP contribution in [0.2, 0.25) is 0 Å². The Balaban J connectivity index is 1.72. The quantitative estimate of drug-likeness (QED) is 0.603. The first-order valence-electron chi connectivity index (χ1n) is 8.81. The molecular formula is C19H19N5O3S. The van der Waals surface area contributed by atoms with Crippen LogP contribution in [0, 0.1) is 6.92 Å². The van der Waals surface area contributed by atoms with Crippen LogP contribution in [-0.4, -0.2) is 36.1 Å². The number of carbonyl (C=O) groups excluding carboxylic acids is 1. The van der Waals surface area contributed by atoms with Gasteiger partial charge in [-0.1, -0.05) is 36.4 Å². The highest BCUT2D eigenvalue weighted by Crippen LogP contribution is 2.24. The van der Waals surface area contributed by atoms with Crippen LogP contribution < -0.4 is 10.0 Å². The zero-order chi connectivity index (χ0) is 19.7. The molecule has 3 aromatic rings. The van der Waals surface area contributed by atoms with E-state index in [0.29, 0.717) is 35.7 Å². The predicted molar refractivity (Wildman–Crippen MR) is 102 cm³/mol.